The summed E-state index contributed by atoms with van der Waals surface area (Å²) in [6.07, 6.45) is 10.8. The highest BCUT2D eigenvalue weighted by atomic mass is 35.5. The van der Waals surface area contributed by atoms with Gasteiger partial charge in [-0.3, -0.25) is 4.79 Å². The molecule has 2 aliphatic rings. The normalized spacial score (nSPS) is 17.0. The van der Waals surface area contributed by atoms with Crippen LogP contribution < -0.4 is 10.1 Å². The molecule has 2 aromatic rings. The van der Waals surface area contributed by atoms with E-state index in [1.54, 1.807) is 5.92 Å². The fraction of sp³-hybridized carbons (Fsp3) is 0.360. The molecule has 29 heavy (non-hydrogen) atoms. The quantitative estimate of drug-likeness (QED) is 0.583. The zero-order valence-electron chi connectivity index (χ0n) is 16.9. The van der Waals surface area contributed by atoms with Crippen molar-refractivity contribution >= 4 is 29.3 Å². The molecule has 1 amide bonds. The molecule has 1 aliphatic heterocycles. The molecule has 1 heterocycles. The first-order chi connectivity index (χ1) is 14.1. The van der Waals surface area contributed by atoms with Crippen molar-refractivity contribution in [3.05, 3.63) is 69.6 Å². The van der Waals surface area contributed by atoms with Crippen LogP contribution in [-0.4, -0.2) is 12.5 Å². The van der Waals surface area contributed by atoms with Crippen molar-refractivity contribution in [3.63, 3.8) is 0 Å². The van der Waals surface area contributed by atoms with E-state index in [4.69, 9.17) is 16.3 Å². The van der Waals surface area contributed by atoms with Crippen LogP contribution in [0.15, 0.2) is 42.0 Å². The van der Waals surface area contributed by atoms with Crippen LogP contribution in [0.3, 0.4) is 0 Å². The maximum Gasteiger partial charge on any atom is 0.255 e. The first-order valence-corrected chi connectivity index (χ1v) is 10.8. The molecule has 0 saturated heterocycles. The fourth-order valence-electron chi connectivity index (χ4n) is 4.18. The number of hydrogen-bond acceptors (Lipinski definition) is 2. The van der Waals surface area contributed by atoms with E-state index in [1.165, 1.54) is 44.1 Å². The molecule has 151 valence electrons. The maximum atomic E-state index is 12.7. The van der Waals surface area contributed by atoms with Crippen LogP contribution in [-0.2, 0) is 11.2 Å². The molecule has 1 radical (unpaired) electrons. The third kappa shape index (κ3) is 5.02. The van der Waals surface area contributed by atoms with Gasteiger partial charge in [-0.25, -0.2) is 0 Å². The van der Waals surface area contributed by atoms with E-state index < -0.39 is 0 Å². The predicted molar refractivity (Wildman–Crippen MR) is 119 cm³/mol. The second kappa shape index (κ2) is 9.04. The molecule has 4 heteroatoms. The van der Waals surface area contributed by atoms with Crippen molar-refractivity contribution in [2.45, 2.75) is 51.9 Å². The highest BCUT2D eigenvalue weighted by Crippen LogP contribution is 2.33. The summed E-state index contributed by atoms with van der Waals surface area (Å²) in [5, 5.41) is 3.63. The number of ether oxygens (including phenoxy) is 1. The van der Waals surface area contributed by atoms with Crippen LogP contribution in [0.25, 0.3) is 6.08 Å². The van der Waals surface area contributed by atoms with Gasteiger partial charge in [-0.2, -0.15) is 0 Å². The van der Waals surface area contributed by atoms with Gasteiger partial charge in [-0.05, 0) is 73.6 Å². The topological polar surface area (TPSA) is 38.3 Å². The maximum absolute atomic E-state index is 12.7. The lowest BCUT2D eigenvalue weighted by Crippen LogP contribution is -2.21. The minimum atomic E-state index is -0.140. The SMILES string of the molecule is Cc1cc(Cl)cc2c1OCC(C(=O)Nc1ccc(C[C]3CCCCCC3)cc1)=C2. The van der Waals surface area contributed by atoms with E-state index in [0.717, 1.165) is 29.0 Å². The van der Waals surface area contributed by atoms with Crippen LogP contribution in [0.1, 0.15) is 55.2 Å². The molecular weight excluding hydrogens is 382 g/mol. The number of amides is 1. The number of carbonyl (C=O) groups excluding carboxylic acids is 1. The Hall–Kier alpha value is -2.26. The number of carbonyl (C=O) groups is 1. The molecular formula is C25H27ClNO2. The van der Waals surface area contributed by atoms with Crippen molar-refractivity contribution in [2.75, 3.05) is 11.9 Å². The molecule has 0 spiro atoms. The Morgan fingerprint density at radius 3 is 2.52 bits per heavy atom. The Labute approximate surface area is 178 Å². The van der Waals surface area contributed by atoms with Crippen LogP contribution in [0.5, 0.6) is 5.75 Å². The molecule has 1 aliphatic carbocycles. The van der Waals surface area contributed by atoms with Crippen molar-refractivity contribution in [3.8, 4) is 5.75 Å². The van der Waals surface area contributed by atoms with E-state index in [9.17, 15) is 4.79 Å². The Balaban J connectivity index is 1.40. The number of anilines is 1. The first kappa shape index (κ1) is 20.0. The average Bonchev–Trinajstić information content (AvgIpc) is 2.97. The third-order valence-electron chi connectivity index (χ3n) is 5.74. The summed E-state index contributed by atoms with van der Waals surface area (Å²) in [5.41, 5.74) is 4.54. The number of nitrogens with one attached hydrogen (secondary N) is 1. The minimum absolute atomic E-state index is 0.140. The molecule has 0 unspecified atom stereocenters. The van der Waals surface area contributed by atoms with Gasteiger partial charge in [-0.1, -0.05) is 49.4 Å². The summed E-state index contributed by atoms with van der Waals surface area (Å²) < 4.78 is 5.80. The largest absolute Gasteiger partial charge is 0.488 e. The van der Waals surface area contributed by atoms with Gasteiger partial charge < -0.3 is 10.1 Å². The zero-order valence-corrected chi connectivity index (χ0v) is 17.6. The number of rotatable bonds is 4. The molecule has 0 aromatic heterocycles. The van der Waals surface area contributed by atoms with Gasteiger partial charge in [0.15, 0.2) is 0 Å². The number of halogens is 1. The van der Waals surface area contributed by atoms with Crippen LogP contribution in [0, 0.1) is 12.8 Å². The smallest absolute Gasteiger partial charge is 0.255 e. The molecule has 1 fully saturated rings. The highest BCUT2D eigenvalue weighted by molar-refractivity contribution is 6.31. The number of aryl methyl sites for hydroxylation is 1. The van der Waals surface area contributed by atoms with E-state index in [1.807, 2.05) is 37.3 Å². The minimum Gasteiger partial charge on any atom is -0.488 e. The fourth-order valence-corrected chi connectivity index (χ4v) is 4.46. The number of hydrogen-bond donors (Lipinski definition) is 1. The summed E-state index contributed by atoms with van der Waals surface area (Å²) in [5.74, 6) is 2.32. The lowest BCUT2D eigenvalue weighted by Gasteiger charge is -2.20. The zero-order chi connectivity index (χ0) is 20.2. The van der Waals surface area contributed by atoms with Gasteiger partial charge in [-0.15, -0.1) is 0 Å². The van der Waals surface area contributed by atoms with Gasteiger partial charge in [0.25, 0.3) is 5.91 Å². The van der Waals surface area contributed by atoms with Crippen molar-refractivity contribution in [1.29, 1.82) is 0 Å². The molecule has 0 atom stereocenters. The lowest BCUT2D eigenvalue weighted by molar-refractivity contribution is -0.113. The molecule has 4 rings (SSSR count). The van der Waals surface area contributed by atoms with E-state index in [2.05, 4.69) is 17.4 Å². The van der Waals surface area contributed by atoms with Crippen molar-refractivity contribution in [1.82, 2.24) is 0 Å². The van der Waals surface area contributed by atoms with Crippen molar-refractivity contribution < 1.29 is 9.53 Å². The molecule has 1 saturated carbocycles. The second-order valence-corrected chi connectivity index (χ2v) is 8.53. The summed E-state index contributed by atoms with van der Waals surface area (Å²) in [4.78, 5) is 12.7. The summed E-state index contributed by atoms with van der Waals surface area (Å²) in [6, 6.07) is 11.9. The van der Waals surface area contributed by atoms with Gasteiger partial charge >= 0.3 is 0 Å². The summed E-state index contributed by atoms with van der Waals surface area (Å²) >= 11 is 6.15. The van der Waals surface area contributed by atoms with E-state index in [-0.39, 0.29) is 12.5 Å². The summed E-state index contributed by atoms with van der Waals surface area (Å²) in [6.45, 7) is 2.22. The number of benzene rings is 2. The Morgan fingerprint density at radius 2 is 1.79 bits per heavy atom. The van der Waals surface area contributed by atoms with E-state index in [0.29, 0.717) is 10.6 Å². The third-order valence-corrected chi connectivity index (χ3v) is 5.96. The molecule has 1 N–H and O–H groups in total. The van der Waals surface area contributed by atoms with E-state index >= 15 is 0 Å². The number of fused-ring (bicyclic) bond motifs is 1. The highest BCUT2D eigenvalue weighted by Gasteiger charge is 2.19. The molecule has 0 bridgehead atoms. The molecule has 2 aromatic carbocycles. The predicted octanol–water partition coefficient (Wildman–Crippen LogP) is 6.53. The Morgan fingerprint density at radius 1 is 1.07 bits per heavy atom. The van der Waals surface area contributed by atoms with Crippen LogP contribution >= 0.6 is 11.6 Å². The first-order valence-electron chi connectivity index (χ1n) is 10.5. The second-order valence-electron chi connectivity index (χ2n) is 8.09. The Bertz CT molecular complexity index is 909. The Kier molecular flexibility index (Phi) is 6.25. The van der Waals surface area contributed by atoms with Gasteiger partial charge in [0.05, 0.1) is 5.57 Å². The van der Waals surface area contributed by atoms with Crippen molar-refractivity contribution in [2.24, 2.45) is 0 Å². The van der Waals surface area contributed by atoms with Gasteiger partial charge in [0.2, 0.25) is 0 Å². The lowest BCUT2D eigenvalue weighted by atomic mass is 9.92. The molecule has 3 nitrogen and oxygen atoms in total. The monoisotopic (exact) mass is 408 g/mol. The standard InChI is InChI=1S/C25H27ClNO2/c1-17-12-22(26)15-20-14-21(16-29-24(17)20)25(28)27-23-10-8-19(9-11-23)13-18-6-4-2-3-5-7-18/h8-12,14-15H,2-7,13,16H2,1H3,(H,27,28). The average molecular weight is 409 g/mol. The van der Waals surface area contributed by atoms with Gasteiger partial charge in [0, 0.05) is 16.3 Å². The van der Waals surface area contributed by atoms with Gasteiger partial charge in [0.1, 0.15) is 12.4 Å². The summed E-state index contributed by atoms with van der Waals surface area (Å²) in [7, 11) is 0. The van der Waals surface area contributed by atoms with Crippen LogP contribution in [0.4, 0.5) is 5.69 Å². The van der Waals surface area contributed by atoms with Crippen LogP contribution in [0.2, 0.25) is 5.02 Å².